The van der Waals surface area contributed by atoms with Crippen LogP contribution in [-0.4, -0.2) is 74.3 Å². The molecule has 0 aliphatic heterocycles. The molecule has 0 bridgehead atoms. The zero-order valence-electron chi connectivity index (χ0n) is 58.9. The second kappa shape index (κ2) is 67.6. The number of likely N-dealkylation sites (N-methyl/N-ethyl adjacent to an activating group) is 1. The number of phosphoric acid groups is 1. The van der Waals surface area contributed by atoms with Gasteiger partial charge in [-0.3, -0.25) is 18.6 Å². The van der Waals surface area contributed by atoms with Crippen LogP contribution >= 0.6 is 7.82 Å². The predicted molar refractivity (Wildman–Crippen MR) is 387 cm³/mol. The van der Waals surface area contributed by atoms with Crippen molar-refractivity contribution in [3.05, 3.63) is 109 Å². The van der Waals surface area contributed by atoms with Crippen LogP contribution in [0, 0.1) is 0 Å². The molecule has 0 radical (unpaired) electrons. The molecule has 1 amide bonds. The first-order valence-corrected chi connectivity index (χ1v) is 38.7. The van der Waals surface area contributed by atoms with Crippen LogP contribution in [0.2, 0.25) is 0 Å². The first-order chi connectivity index (χ1) is 43.4. The number of allylic oxidation sites excluding steroid dienone is 17. The molecule has 0 aromatic rings. The molecule has 0 aromatic heterocycles. The van der Waals surface area contributed by atoms with E-state index in [-0.39, 0.29) is 31.5 Å². The van der Waals surface area contributed by atoms with Gasteiger partial charge in [0.2, 0.25) is 5.91 Å². The number of hydrogen-bond acceptors (Lipinski definition) is 6. The van der Waals surface area contributed by atoms with E-state index in [4.69, 9.17) is 13.8 Å². The maximum Gasteiger partial charge on any atom is 0.472 e. The lowest BCUT2D eigenvalue weighted by Crippen LogP contribution is -2.47. The van der Waals surface area contributed by atoms with E-state index in [9.17, 15) is 19.0 Å². The van der Waals surface area contributed by atoms with Crippen LogP contribution in [0.3, 0.4) is 0 Å². The molecule has 0 aliphatic rings. The summed E-state index contributed by atoms with van der Waals surface area (Å²) in [4.78, 5) is 38.0. The van der Waals surface area contributed by atoms with Crippen LogP contribution in [0.1, 0.15) is 329 Å². The van der Waals surface area contributed by atoms with E-state index in [1.807, 2.05) is 33.3 Å². The lowest BCUT2D eigenvalue weighted by atomic mass is 10.0. The molecule has 0 aromatic carbocycles. The van der Waals surface area contributed by atoms with Gasteiger partial charge in [0.25, 0.3) is 0 Å². The van der Waals surface area contributed by atoms with E-state index in [0.29, 0.717) is 17.4 Å². The van der Waals surface area contributed by atoms with Gasteiger partial charge in [-0.15, -0.1) is 0 Å². The van der Waals surface area contributed by atoms with Gasteiger partial charge in [0.15, 0.2) is 0 Å². The van der Waals surface area contributed by atoms with Crippen molar-refractivity contribution in [2.24, 2.45) is 0 Å². The van der Waals surface area contributed by atoms with Crippen LogP contribution in [0.4, 0.5) is 0 Å². The van der Waals surface area contributed by atoms with Crippen molar-refractivity contribution in [3.63, 3.8) is 0 Å². The third kappa shape index (κ3) is 68.9. The SMILES string of the molecule is CC/C=C\C/C=C\C/C=C\C/C=C\C/C=C\CCCCCCCCCC(=O)OC(/C=C\CCCCCCCCCCCCC)C(COP(=O)(O)OCC[N+](C)(C)C)NC(=O)CCCCCCCCCCCCCCCC/C=C\C/C=C\C/C=C\CCCCC. The van der Waals surface area contributed by atoms with Crippen molar-refractivity contribution < 1.29 is 37.3 Å². The third-order valence-electron chi connectivity index (χ3n) is 16.2. The molecule has 2 N–H and O–H groups in total. The van der Waals surface area contributed by atoms with Crippen LogP contribution in [0.15, 0.2) is 109 Å². The van der Waals surface area contributed by atoms with E-state index in [1.54, 1.807) is 0 Å². The first-order valence-electron chi connectivity index (χ1n) is 37.2. The van der Waals surface area contributed by atoms with E-state index >= 15 is 0 Å². The van der Waals surface area contributed by atoms with Crippen LogP contribution in [0.5, 0.6) is 0 Å². The molecule has 3 atom stereocenters. The molecule has 9 nitrogen and oxygen atoms in total. The minimum atomic E-state index is -4.47. The normalized spacial score (nSPS) is 14.1. The van der Waals surface area contributed by atoms with Gasteiger partial charge in [0, 0.05) is 12.8 Å². The number of amides is 1. The van der Waals surface area contributed by atoms with Crippen LogP contribution in [-0.2, 0) is 27.9 Å². The number of nitrogens with zero attached hydrogens (tertiary/aromatic N) is 1. The molecule has 0 heterocycles. The minimum Gasteiger partial charge on any atom is -0.456 e. The topological polar surface area (TPSA) is 111 Å². The van der Waals surface area contributed by atoms with Crippen molar-refractivity contribution in [1.82, 2.24) is 5.32 Å². The molecule has 89 heavy (non-hydrogen) atoms. The summed E-state index contributed by atoms with van der Waals surface area (Å²) in [5, 5.41) is 3.07. The highest BCUT2D eigenvalue weighted by molar-refractivity contribution is 7.47. The molecule has 0 saturated heterocycles. The molecule has 0 saturated carbocycles. The smallest absolute Gasteiger partial charge is 0.456 e. The number of rotatable bonds is 67. The summed E-state index contributed by atoms with van der Waals surface area (Å²) in [6.07, 6.45) is 93.9. The average molecular weight is 1260 g/mol. The number of quaternary nitrogens is 1. The zero-order chi connectivity index (χ0) is 64.9. The number of ether oxygens (including phenoxy) is 1. The van der Waals surface area contributed by atoms with Gasteiger partial charge < -0.3 is 19.4 Å². The van der Waals surface area contributed by atoms with Gasteiger partial charge in [-0.1, -0.05) is 310 Å². The van der Waals surface area contributed by atoms with Gasteiger partial charge in [0.1, 0.15) is 19.3 Å². The van der Waals surface area contributed by atoms with E-state index < -0.39 is 20.0 Å². The molecule has 0 fully saturated rings. The van der Waals surface area contributed by atoms with Crippen molar-refractivity contribution in [2.45, 2.75) is 341 Å². The Kier molecular flexibility index (Phi) is 65.0. The third-order valence-corrected chi connectivity index (χ3v) is 17.2. The number of nitrogens with one attached hydrogen (secondary N) is 1. The number of carbonyl (C=O) groups excluding carboxylic acids is 2. The van der Waals surface area contributed by atoms with Crippen molar-refractivity contribution in [2.75, 3.05) is 40.9 Å². The standard InChI is InChI=1S/C79H141N2O7P/c1-7-10-13-16-19-22-25-28-30-32-34-36-38-39-40-41-43-44-46-48-50-53-56-59-62-65-68-71-78(82)80-76(75-87-89(84,85)86-74-73-81(4,5)6)77(70-67-64-61-58-55-52-27-24-21-18-15-12-9-3)88-79(83)72-69-66-63-60-57-54-51-49-47-45-42-37-35-33-31-29-26-23-20-17-14-11-8-2/h11,14,19-20,22-23,28-31,34-37,45,47,67,70,76-77H,7-10,12-13,15-18,21,24-27,32-33,38-44,46,48-66,68-69,71-75H2,1-6H3,(H-,80,82,84,85)/p+1/b14-11-,22-19-,23-20-,30-28-,31-29-,36-34-,37-35-,47-45-,70-67-. The predicted octanol–water partition coefficient (Wildman–Crippen LogP) is 24.0. The van der Waals surface area contributed by atoms with Crippen molar-refractivity contribution in [3.8, 4) is 0 Å². The minimum absolute atomic E-state index is 0.0342. The summed E-state index contributed by atoms with van der Waals surface area (Å²) in [6, 6.07) is -0.861. The highest BCUT2D eigenvalue weighted by atomic mass is 31.2. The van der Waals surface area contributed by atoms with E-state index in [2.05, 4.69) is 123 Å². The van der Waals surface area contributed by atoms with Gasteiger partial charge in [-0.2, -0.15) is 0 Å². The van der Waals surface area contributed by atoms with Gasteiger partial charge >= 0.3 is 13.8 Å². The lowest BCUT2D eigenvalue weighted by Gasteiger charge is -2.27. The zero-order valence-corrected chi connectivity index (χ0v) is 59.8. The monoisotopic (exact) mass is 1260 g/mol. The maximum absolute atomic E-state index is 13.7. The Morgan fingerprint density at radius 2 is 0.719 bits per heavy atom. The summed E-state index contributed by atoms with van der Waals surface area (Å²) >= 11 is 0. The Morgan fingerprint density at radius 3 is 1.10 bits per heavy atom. The Hall–Kier alpha value is -3.33. The first kappa shape index (κ1) is 85.7. The van der Waals surface area contributed by atoms with Crippen LogP contribution < -0.4 is 5.32 Å². The molecule has 10 heteroatoms. The molecule has 0 aliphatic carbocycles. The molecule has 0 spiro atoms. The Morgan fingerprint density at radius 1 is 0.404 bits per heavy atom. The fourth-order valence-corrected chi connectivity index (χ4v) is 11.2. The molecular formula is C79H142N2O7P+. The van der Waals surface area contributed by atoms with Crippen molar-refractivity contribution in [1.29, 1.82) is 0 Å². The second-order valence-electron chi connectivity index (χ2n) is 26.1. The summed E-state index contributed by atoms with van der Waals surface area (Å²) in [5.74, 6) is -0.514. The van der Waals surface area contributed by atoms with Crippen molar-refractivity contribution >= 4 is 19.7 Å². The molecule has 0 rings (SSSR count). The Bertz CT molecular complexity index is 1890. The number of hydrogen-bond donors (Lipinski definition) is 2. The number of esters is 1. The number of carbonyl (C=O) groups is 2. The van der Waals surface area contributed by atoms with Gasteiger partial charge in [-0.05, 0) is 115 Å². The fourth-order valence-electron chi connectivity index (χ4n) is 10.5. The Balaban J connectivity index is 5.07. The van der Waals surface area contributed by atoms with Crippen LogP contribution in [0.25, 0.3) is 0 Å². The van der Waals surface area contributed by atoms with E-state index in [1.165, 1.54) is 180 Å². The highest BCUT2D eigenvalue weighted by Gasteiger charge is 2.30. The lowest BCUT2D eigenvalue weighted by molar-refractivity contribution is -0.870. The maximum atomic E-state index is 13.7. The largest absolute Gasteiger partial charge is 0.472 e. The van der Waals surface area contributed by atoms with Gasteiger partial charge in [-0.25, -0.2) is 4.57 Å². The Labute approximate surface area is 551 Å². The highest BCUT2D eigenvalue weighted by Crippen LogP contribution is 2.43. The number of unbranched alkanes of at least 4 members (excludes halogenated alkanes) is 35. The number of phosphoric ester groups is 1. The summed E-state index contributed by atoms with van der Waals surface area (Å²) in [5.41, 5.74) is 0. The molecular weight excluding hydrogens is 1120 g/mol. The second-order valence-corrected chi connectivity index (χ2v) is 27.5. The quantitative estimate of drug-likeness (QED) is 0.0205. The summed E-state index contributed by atoms with van der Waals surface area (Å²) in [6.45, 7) is 6.89. The summed E-state index contributed by atoms with van der Waals surface area (Å²) in [7, 11) is 1.48. The molecule has 3 unspecified atom stereocenters. The average Bonchev–Trinajstić information content (AvgIpc) is 3.57. The van der Waals surface area contributed by atoms with E-state index in [0.717, 1.165) is 116 Å². The van der Waals surface area contributed by atoms with Gasteiger partial charge in [0.05, 0.1) is 33.8 Å². The fraction of sp³-hybridized carbons (Fsp3) is 0.747. The molecule has 514 valence electrons. The summed E-state index contributed by atoms with van der Waals surface area (Å²) < 4.78 is 30.9.